The van der Waals surface area contributed by atoms with E-state index in [0.717, 1.165) is 37.0 Å². The van der Waals surface area contributed by atoms with Crippen LogP contribution in [-0.2, 0) is 9.53 Å². The Morgan fingerprint density at radius 1 is 1.11 bits per heavy atom. The molecule has 0 spiro atoms. The molecule has 2 saturated carbocycles. The Bertz CT molecular complexity index is 828. The number of allylic oxidation sites excluding steroid dienone is 3. The van der Waals surface area contributed by atoms with E-state index >= 15 is 0 Å². The highest BCUT2D eigenvalue weighted by Crippen LogP contribution is 2.66. The number of rotatable bonds is 3. The normalized spacial score (nSPS) is 41.8. The van der Waals surface area contributed by atoms with Gasteiger partial charge in [-0.05, 0) is 84.3 Å². The maximum absolute atomic E-state index is 10.8. The first-order valence-electron chi connectivity index (χ1n) is 11.0. The Kier molecular flexibility index (Phi) is 4.26. The van der Waals surface area contributed by atoms with Crippen molar-refractivity contribution in [1.82, 2.24) is 4.98 Å². The number of hydrogen-bond acceptors (Lipinski definition) is 3. The summed E-state index contributed by atoms with van der Waals surface area (Å²) in [4.78, 5) is 15.2. The van der Waals surface area contributed by atoms with Crippen LogP contribution in [0.2, 0.25) is 0 Å². The Morgan fingerprint density at radius 2 is 1.96 bits per heavy atom. The van der Waals surface area contributed by atoms with E-state index in [4.69, 9.17) is 4.74 Å². The fourth-order valence-electron chi connectivity index (χ4n) is 7.36. The third-order valence-electron chi connectivity index (χ3n) is 8.86. The van der Waals surface area contributed by atoms with Crippen LogP contribution in [-0.4, -0.2) is 17.6 Å². The largest absolute Gasteiger partial charge is 0.464 e. The predicted molar refractivity (Wildman–Crippen MR) is 110 cm³/mol. The number of nitrogens with zero attached hydrogens (tertiary/aromatic N) is 1. The highest BCUT2D eigenvalue weighted by Gasteiger charge is 2.56. The predicted octanol–water partition coefficient (Wildman–Crippen LogP) is 5.58. The Morgan fingerprint density at radius 3 is 2.75 bits per heavy atom. The number of pyridine rings is 1. The molecule has 6 atom stereocenters. The lowest BCUT2D eigenvalue weighted by atomic mass is 9.47. The SMILES string of the molecule is C[C@]12CCC(OC=O)CC1=CC[C@@H]1[C@@H]2CC[C@]2(C)C(c3cccnc3)=CC[C@@H]12. The number of fused-ring (bicyclic) bond motifs is 5. The first-order valence-corrected chi connectivity index (χ1v) is 11.0. The van der Waals surface area contributed by atoms with Gasteiger partial charge in [0.25, 0.3) is 6.47 Å². The average Bonchev–Trinajstić information content (AvgIpc) is 3.06. The van der Waals surface area contributed by atoms with Crippen molar-refractivity contribution in [2.75, 3.05) is 0 Å². The molecule has 0 bridgehead atoms. The maximum Gasteiger partial charge on any atom is 0.293 e. The first kappa shape index (κ1) is 18.1. The monoisotopic (exact) mass is 377 g/mol. The molecule has 0 aliphatic heterocycles. The van der Waals surface area contributed by atoms with Crippen LogP contribution in [0.1, 0.15) is 64.4 Å². The molecule has 5 rings (SSSR count). The zero-order valence-corrected chi connectivity index (χ0v) is 17.1. The first-order chi connectivity index (χ1) is 13.6. The summed E-state index contributed by atoms with van der Waals surface area (Å²) in [6.07, 6.45) is 17.1. The Hall–Kier alpha value is -1.90. The maximum atomic E-state index is 10.8. The zero-order valence-electron chi connectivity index (χ0n) is 17.1. The van der Waals surface area contributed by atoms with Gasteiger partial charge in [0.2, 0.25) is 0 Å². The van der Waals surface area contributed by atoms with Gasteiger partial charge in [0.15, 0.2) is 0 Å². The van der Waals surface area contributed by atoms with Crippen molar-refractivity contribution in [1.29, 1.82) is 0 Å². The fraction of sp³-hybridized carbons (Fsp3) is 0.600. The Balaban J connectivity index is 1.43. The molecule has 1 aromatic rings. The Labute approximate surface area is 168 Å². The molecular weight excluding hydrogens is 346 g/mol. The van der Waals surface area contributed by atoms with Crippen molar-refractivity contribution in [2.45, 2.75) is 64.9 Å². The molecule has 4 aliphatic rings. The molecule has 2 fully saturated rings. The molecule has 28 heavy (non-hydrogen) atoms. The van der Waals surface area contributed by atoms with Crippen molar-refractivity contribution in [3.05, 3.63) is 47.8 Å². The average molecular weight is 378 g/mol. The van der Waals surface area contributed by atoms with Crippen LogP contribution < -0.4 is 0 Å². The third-order valence-corrected chi connectivity index (χ3v) is 8.86. The van der Waals surface area contributed by atoms with Crippen molar-refractivity contribution in [2.24, 2.45) is 28.6 Å². The second-order valence-corrected chi connectivity index (χ2v) is 9.91. The minimum absolute atomic E-state index is 0.0903. The molecule has 1 heterocycles. The van der Waals surface area contributed by atoms with Gasteiger partial charge in [-0.25, -0.2) is 0 Å². The lowest BCUT2D eigenvalue weighted by Gasteiger charge is -2.57. The van der Waals surface area contributed by atoms with Crippen LogP contribution in [0.4, 0.5) is 0 Å². The van der Waals surface area contributed by atoms with Gasteiger partial charge in [0.05, 0.1) is 0 Å². The fourth-order valence-corrected chi connectivity index (χ4v) is 7.36. The van der Waals surface area contributed by atoms with E-state index in [1.807, 2.05) is 12.4 Å². The van der Waals surface area contributed by atoms with Crippen LogP contribution in [0.3, 0.4) is 0 Å². The van der Waals surface area contributed by atoms with Crippen molar-refractivity contribution in [3.63, 3.8) is 0 Å². The van der Waals surface area contributed by atoms with E-state index in [1.165, 1.54) is 36.8 Å². The number of aromatic nitrogens is 1. The summed E-state index contributed by atoms with van der Waals surface area (Å²) in [6.45, 7) is 5.64. The number of carbonyl (C=O) groups excluding carboxylic acids is 1. The molecule has 0 radical (unpaired) electrons. The third kappa shape index (κ3) is 2.54. The van der Waals surface area contributed by atoms with E-state index in [-0.39, 0.29) is 11.5 Å². The lowest BCUT2D eigenvalue weighted by molar-refractivity contribution is -0.135. The minimum atomic E-state index is 0.0903. The van der Waals surface area contributed by atoms with Gasteiger partial charge in [-0.1, -0.05) is 37.6 Å². The van der Waals surface area contributed by atoms with Crippen LogP contribution in [0.15, 0.2) is 42.3 Å². The molecule has 0 aromatic carbocycles. The van der Waals surface area contributed by atoms with E-state index in [1.54, 1.807) is 5.57 Å². The van der Waals surface area contributed by atoms with E-state index < -0.39 is 0 Å². The highest BCUT2D eigenvalue weighted by atomic mass is 16.5. The summed E-state index contributed by atoms with van der Waals surface area (Å²) in [5.74, 6) is 2.27. The van der Waals surface area contributed by atoms with Crippen molar-refractivity contribution < 1.29 is 9.53 Å². The number of ether oxygens (including phenoxy) is 1. The molecule has 0 amide bonds. The lowest BCUT2D eigenvalue weighted by Crippen LogP contribution is -2.50. The van der Waals surface area contributed by atoms with Crippen LogP contribution in [0, 0.1) is 28.6 Å². The summed E-state index contributed by atoms with van der Waals surface area (Å²) in [6, 6.07) is 4.29. The second-order valence-electron chi connectivity index (χ2n) is 9.91. The molecule has 1 unspecified atom stereocenters. The van der Waals surface area contributed by atoms with Crippen molar-refractivity contribution >= 4 is 12.0 Å². The van der Waals surface area contributed by atoms with Gasteiger partial charge in [-0.2, -0.15) is 0 Å². The zero-order chi connectivity index (χ0) is 19.4. The van der Waals surface area contributed by atoms with Crippen LogP contribution in [0.5, 0.6) is 0 Å². The summed E-state index contributed by atoms with van der Waals surface area (Å²) in [5, 5.41) is 0. The van der Waals surface area contributed by atoms with E-state index in [9.17, 15) is 4.79 Å². The summed E-state index contributed by atoms with van der Waals surface area (Å²) in [5.41, 5.74) is 4.99. The standard InChI is InChI=1S/C25H31NO2/c1-24-11-9-19(28-16-27)14-18(24)5-6-20-22-8-7-21(17-4-3-13-26-15-17)25(22,2)12-10-23(20)24/h3-5,7,13,15-16,19-20,22-23H,6,8-12,14H2,1-2H3/t19?,20-,22-,23-,24-,25+/m0/s1. The van der Waals surface area contributed by atoms with Gasteiger partial charge >= 0.3 is 0 Å². The van der Waals surface area contributed by atoms with Crippen LogP contribution >= 0.6 is 0 Å². The molecule has 3 nitrogen and oxygen atoms in total. The number of carbonyl (C=O) groups is 1. The van der Waals surface area contributed by atoms with Gasteiger partial charge < -0.3 is 4.74 Å². The smallest absolute Gasteiger partial charge is 0.293 e. The molecule has 0 N–H and O–H groups in total. The topological polar surface area (TPSA) is 39.2 Å². The van der Waals surface area contributed by atoms with E-state index in [0.29, 0.717) is 11.9 Å². The van der Waals surface area contributed by atoms with Gasteiger partial charge in [0.1, 0.15) is 6.10 Å². The molecular formula is C25H31NO2. The minimum Gasteiger partial charge on any atom is -0.464 e. The van der Waals surface area contributed by atoms with Crippen LogP contribution in [0.25, 0.3) is 5.57 Å². The van der Waals surface area contributed by atoms with Gasteiger partial charge in [-0.3, -0.25) is 9.78 Å². The highest BCUT2D eigenvalue weighted by molar-refractivity contribution is 5.72. The quantitative estimate of drug-likeness (QED) is 0.510. The summed E-state index contributed by atoms with van der Waals surface area (Å²) in [7, 11) is 0. The molecule has 3 heteroatoms. The summed E-state index contributed by atoms with van der Waals surface area (Å²) >= 11 is 0. The molecule has 0 saturated heterocycles. The molecule has 4 aliphatic carbocycles. The molecule has 148 valence electrons. The summed E-state index contributed by atoms with van der Waals surface area (Å²) < 4.78 is 5.33. The van der Waals surface area contributed by atoms with E-state index in [2.05, 4.69) is 43.1 Å². The van der Waals surface area contributed by atoms with Gasteiger partial charge in [0, 0.05) is 18.8 Å². The van der Waals surface area contributed by atoms with Crippen molar-refractivity contribution in [3.8, 4) is 0 Å². The second kappa shape index (κ2) is 6.57. The molecule has 1 aromatic heterocycles. The number of hydrogen-bond donors (Lipinski definition) is 0. The van der Waals surface area contributed by atoms with Gasteiger partial charge in [-0.15, -0.1) is 0 Å².